The number of thioether (sulfide) groups is 1. The smallest absolute Gasteiger partial charge is 0.233 e. The highest BCUT2D eigenvalue weighted by atomic mass is 35.5. The number of nitrogens with one attached hydrogen (secondary N) is 1. The molecule has 100 valence electrons. The van der Waals surface area contributed by atoms with Gasteiger partial charge in [-0.2, -0.15) is 0 Å². The molecule has 0 radical (unpaired) electrons. The monoisotopic (exact) mass is 305 g/mol. The molecular formula is C13H17Cl2NOS. The van der Waals surface area contributed by atoms with Crippen molar-refractivity contribution in [3.8, 4) is 0 Å². The Morgan fingerprint density at radius 2 is 1.78 bits per heavy atom. The van der Waals surface area contributed by atoms with Crippen molar-refractivity contribution in [1.29, 1.82) is 0 Å². The van der Waals surface area contributed by atoms with Crippen molar-refractivity contribution in [2.75, 3.05) is 0 Å². The first-order chi connectivity index (χ1) is 8.20. The molecule has 0 aliphatic heterocycles. The summed E-state index contributed by atoms with van der Waals surface area (Å²) in [4.78, 5) is 12.7. The van der Waals surface area contributed by atoms with Crippen LogP contribution in [0.1, 0.15) is 27.7 Å². The second-order valence-electron chi connectivity index (χ2n) is 5.05. The van der Waals surface area contributed by atoms with Gasteiger partial charge in [-0.05, 0) is 39.8 Å². The molecule has 0 fully saturated rings. The van der Waals surface area contributed by atoms with Crippen LogP contribution in [0.2, 0.25) is 10.0 Å². The van der Waals surface area contributed by atoms with Crippen molar-refractivity contribution >= 4 is 40.9 Å². The maximum Gasteiger partial charge on any atom is 0.233 e. The lowest BCUT2D eigenvalue weighted by molar-refractivity contribution is -0.121. The average Bonchev–Trinajstić information content (AvgIpc) is 2.21. The summed E-state index contributed by atoms with van der Waals surface area (Å²) < 4.78 is 0. The summed E-state index contributed by atoms with van der Waals surface area (Å²) in [6.07, 6.45) is 0. The minimum absolute atomic E-state index is 0.0245. The van der Waals surface area contributed by atoms with Crippen LogP contribution < -0.4 is 5.32 Å². The van der Waals surface area contributed by atoms with E-state index in [2.05, 4.69) is 5.32 Å². The molecule has 1 atom stereocenters. The standard InChI is InChI=1S/C13H17Cl2NOS/c1-8(12(17)16-13(2,3)4)18-11-9(14)6-5-7-10(11)15/h5-8H,1-4H3,(H,16,17). The number of hydrogen-bond donors (Lipinski definition) is 1. The molecule has 1 aromatic carbocycles. The molecule has 0 spiro atoms. The van der Waals surface area contributed by atoms with Crippen LogP contribution in [-0.4, -0.2) is 16.7 Å². The fourth-order valence-corrected chi connectivity index (χ4v) is 2.84. The molecule has 0 aliphatic carbocycles. The third-order valence-corrected chi connectivity index (χ3v) is 4.18. The highest BCUT2D eigenvalue weighted by Crippen LogP contribution is 2.36. The summed E-state index contributed by atoms with van der Waals surface area (Å²) in [5, 5.41) is 3.83. The molecule has 0 heterocycles. The molecule has 0 saturated carbocycles. The molecule has 0 aliphatic rings. The van der Waals surface area contributed by atoms with E-state index in [1.54, 1.807) is 18.2 Å². The van der Waals surface area contributed by atoms with Gasteiger partial charge in [0.2, 0.25) is 5.91 Å². The molecule has 18 heavy (non-hydrogen) atoms. The Bertz CT molecular complexity index is 423. The van der Waals surface area contributed by atoms with Crippen molar-refractivity contribution in [2.45, 2.75) is 43.4 Å². The Hall–Kier alpha value is -0.380. The molecule has 0 aromatic heterocycles. The van der Waals surface area contributed by atoms with Gasteiger partial charge in [-0.15, -0.1) is 11.8 Å². The Morgan fingerprint density at radius 1 is 1.28 bits per heavy atom. The molecule has 0 saturated heterocycles. The Balaban J connectivity index is 2.76. The van der Waals surface area contributed by atoms with E-state index in [9.17, 15) is 4.79 Å². The van der Waals surface area contributed by atoms with Gasteiger partial charge in [0.05, 0.1) is 15.3 Å². The second-order valence-corrected chi connectivity index (χ2v) is 7.22. The number of amides is 1. The average molecular weight is 306 g/mol. The maximum absolute atomic E-state index is 12.0. The van der Waals surface area contributed by atoms with Gasteiger partial charge in [-0.3, -0.25) is 4.79 Å². The van der Waals surface area contributed by atoms with Gasteiger partial charge >= 0.3 is 0 Å². The topological polar surface area (TPSA) is 29.1 Å². The van der Waals surface area contributed by atoms with Gasteiger partial charge in [0.15, 0.2) is 0 Å². The summed E-state index contributed by atoms with van der Waals surface area (Å²) in [5.41, 5.74) is -0.240. The first-order valence-electron chi connectivity index (χ1n) is 5.63. The predicted molar refractivity (Wildman–Crippen MR) is 79.7 cm³/mol. The number of hydrogen-bond acceptors (Lipinski definition) is 2. The lowest BCUT2D eigenvalue weighted by atomic mass is 10.1. The first kappa shape index (κ1) is 15.7. The van der Waals surface area contributed by atoms with E-state index in [1.807, 2.05) is 27.7 Å². The van der Waals surface area contributed by atoms with Gasteiger partial charge < -0.3 is 5.32 Å². The zero-order chi connectivity index (χ0) is 13.9. The Labute approximate surface area is 122 Å². The minimum Gasteiger partial charge on any atom is -0.351 e. The van der Waals surface area contributed by atoms with Gasteiger partial charge in [0.25, 0.3) is 0 Å². The predicted octanol–water partition coefficient (Wildman–Crippen LogP) is 4.39. The van der Waals surface area contributed by atoms with Gasteiger partial charge in [0, 0.05) is 10.4 Å². The summed E-state index contributed by atoms with van der Waals surface area (Å²) in [7, 11) is 0. The molecule has 1 N–H and O–H groups in total. The third-order valence-electron chi connectivity index (χ3n) is 2.08. The van der Waals surface area contributed by atoms with Gasteiger partial charge in [-0.25, -0.2) is 0 Å². The normalized spacial score (nSPS) is 13.2. The summed E-state index contributed by atoms with van der Waals surface area (Å²) in [6, 6.07) is 5.32. The molecule has 1 aromatic rings. The van der Waals surface area contributed by atoms with E-state index in [0.717, 1.165) is 4.90 Å². The van der Waals surface area contributed by atoms with Crippen molar-refractivity contribution in [3.63, 3.8) is 0 Å². The summed E-state index contributed by atoms with van der Waals surface area (Å²) in [6.45, 7) is 7.69. The van der Waals surface area contributed by atoms with Crippen molar-refractivity contribution in [1.82, 2.24) is 5.32 Å². The van der Waals surface area contributed by atoms with Crippen LogP contribution in [0.15, 0.2) is 23.1 Å². The quantitative estimate of drug-likeness (QED) is 0.839. The number of benzene rings is 1. The lowest BCUT2D eigenvalue weighted by Gasteiger charge is -2.23. The first-order valence-corrected chi connectivity index (χ1v) is 7.27. The summed E-state index contributed by atoms with van der Waals surface area (Å²) >= 11 is 13.5. The van der Waals surface area contributed by atoms with E-state index >= 15 is 0 Å². The van der Waals surface area contributed by atoms with E-state index < -0.39 is 0 Å². The number of rotatable bonds is 3. The van der Waals surface area contributed by atoms with Crippen LogP contribution in [0.3, 0.4) is 0 Å². The molecule has 0 bridgehead atoms. The highest BCUT2D eigenvalue weighted by molar-refractivity contribution is 8.00. The van der Waals surface area contributed by atoms with E-state index in [1.165, 1.54) is 11.8 Å². The molecule has 1 amide bonds. The highest BCUT2D eigenvalue weighted by Gasteiger charge is 2.21. The van der Waals surface area contributed by atoms with E-state index in [0.29, 0.717) is 10.0 Å². The SMILES string of the molecule is CC(Sc1c(Cl)cccc1Cl)C(=O)NC(C)(C)C. The molecule has 2 nitrogen and oxygen atoms in total. The molecule has 5 heteroatoms. The van der Waals surface area contributed by atoms with E-state index in [-0.39, 0.29) is 16.7 Å². The van der Waals surface area contributed by atoms with Gasteiger partial charge in [-0.1, -0.05) is 29.3 Å². The summed E-state index contributed by atoms with van der Waals surface area (Å²) in [5.74, 6) is -0.0245. The van der Waals surface area contributed by atoms with Crippen LogP contribution in [-0.2, 0) is 4.79 Å². The number of halogens is 2. The van der Waals surface area contributed by atoms with Gasteiger partial charge in [0.1, 0.15) is 0 Å². The second kappa shape index (κ2) is 6.18. The van der Waals surface area contributed by atoms with Crippen LogP contribution in [0.4, 0.5) is 0 Å². The third kappa shape index (κ3) is 4.71. The van der Waals surface area contributed by atoms with Crippen molar-refractivity contribution in [3.05, 3.63) is 28.2 Å². The largest absolute Gasteiger partial charge is 0.351 e. The Morgan fingerprint density at radius 3 is 2.22 bits per heavy atom. The maximum atomic E-state index is 12.0. The molecule has 1 unspecified atom stereocenters. The van der Waals surface area contributed by atoms with Crippen molar-refractivity contribution in [2.24, 2.45) is 0 Å². The number of carbonyl (C=O) groups excluding carboxylic acids is 1. The molecule has 1 rings (SSSR count). The fraction of sp³-hybridized carbons (Fsp3) is 0.462. The zero-order valence-corrected chi connectivity index (χ0v) is 13.2. The van der Waals surface area contributed by atoms with Crippen LogP contribution in [0.25, 0.3) is 0 Å². The van der Waals surface area contributed by atoms with Crippen LogP contribution in [0.5, 0.6) is 0 Å². The fourth-order valence-electron chi connectivity index (χ4n) is 1.30. The number of carbonyl (C=O) groups is 1. The zero-order valence-electron chi connectivity index (χ0n) is 10.9. The molecular weight excluding hydrogens is 289 g/mol. The lowest BCUT2D eigenvalue weighted by Crippen LogP contribution is -2.44. The van der Waals surface area contributed by atoms with Crippen LogP contribution >= 0.6 is 35.0 Å². The van der Waals surface area contributed by atoms with Crippen LogP contribution in [0, 0.1) is 0 Å². The Kier molecular flexibility index (Phi) is 5.38. The van der Waals surface area contributed by atoms with E-state index in [4.69, 9.17) is 23.2 Å². The minimum atomic E-state index is -0.248. The van der Waals surface area contributed by atoms with Crippen molar-refractivity contribution < 1.29 is 4.79 Å².